The number of rotatable bonds is 7. The molecular weight excluding hydrogens is 380 g/mol. The number of esters is 1. The number of benzene rings is 1. The van der Waals surface area contributed by atoms with Gasteiger partial charge in [0.15, 0.2) is 6.10 Å². The average molecular weight is 400 g/mol. The summed E-state index contributed by atoms with van der Waals surface area (Å²) in [5, 5.41) is 9.90. The second kappa shape index (κ2) is 8.53. The van der Waals surface area contributed by atoms with Gasteiger partial charge in [0.1, 0.15) is 12.4 Å². The Labute approximate surface area is 166 Å². The maximum atomic E-state index is 12.4. The van der Waals surface area contributed by atoms with Crippen LogP contribution in [0.1, 0.15) is 42.1 Å². The fourth-order valence-electron chi connectivity index (χ4n) is 2.83. The molecule has 2 unspecified atom stereocenters. The average Bonchev–Trinajstić information content (AvgIpc) is 3.49. The zero-order valence-electron chi connectivity index (χ0n) is 15.4. The molecule has 8 heteroatoms. The van der Waals surface area contributed by atoms with E-state index in [1.165, 1.54) is 11.3 Å². The highest BCUT2D eigenvalue weighted by Gasteiger charge is 2.20. The monoisotopic (exact) mass is 400 g/mol. The van der Waals surface area contributed by atoms with Gasteiger partial charge in [-0.15, -0.1) is 21.5 Å². The van der Waals surface area contributed by atoms with Gasteiger partial charge in [0, 0.05) is 6.61 Å². The minimum absolute atomic E-state index is 0.152. The predicted molar refractivity (Wildman–Crippen MR) is 102 cm³/mol. The Morgan fingerprint density at radius 1 is 1.29 bits per heavy atom. The van der Waals surface area contributed by atoms with Gasteiger partial charge in [0.05, 0.1) is 16.5 Å². The fourth-order valence-corrected chi connectivity index (χ4v) is 3.47. The third-order valence-electron chi connectivity index (χ3n) is 4.35. The van der Waals surface area contributed by atoms with Gasteiger partial charge in [-0.05, 0) is 55.5 Å². The normalized spacial score (nSPS) is 17.4. The van der Waals surface area contributed by atoms with Crippen LogP contribution in [0.3, 0.4) is 0 Å². The summed E-state index contributed by atoms with van der Waals surface area (Å²) < 4.78 is 22.3. The second-order valence-electron chi connectivity index (χ2n) is 6.44. The van der Waals surface area contributed by atoms with Crippen molar-refractivity contribution in [2.45, 2.75) is 32.0 Å². The summed E-state index contributed by atoms with van der Waals surface area (Å²) in [7, 11) is 0. The molecule has 0 bridgehead atoms. The molecule has 0 N–H and O–H groups in total. The molecule has 0 saturated carbocycles. The SMILES string of the molecule is CC(OC(=O)c1ccc(OCC2CCCO2)cc1)c1nnc(-c2cccs2)o1. The molecule has 0 aliphatic carbocycles. The van der Waals surface area contributed by atoms with Crippen LogP contribution in [-0.4, -0.2) is 35.5 Å². The molecule has 1 fully saturated rings. The van der Waals surface area contributed by atoms with Gasteiger partial charge in [-0.3, -0.25) is 0 Å². The smallest absolute Gasteiger partial charge is 0.338 e. The second-order valence-corrected chi connectivity index (χ2v) is 7.39. The molecule has 0 amide bonds. The molecule has 2 atom stereocenters. The Balaban J connectivity index is 1.32. The molecule has 1 saturated heterocycles. The number of hydrogen-bond donors (Lipinski definition) is 0. The molecule has 1 aliphatic rings. The van der Waals surface area contributed by atoms with Crippen LogP contribution < -0.4 is 4.74 Å². The molecule has 4 rings (SSSR count). The van der Waals surface area contributed by atoms with Crippen LogP contribution in [0.25, 0.3) is 10.8 Å². The Morgan fingerprint density at radius 3 is 2.86 bits per heavy atom. The van der Waals surface area contributed by atoms with Crippen LogP contribution in [0.2, 0.25) is 0 Å². The Kier molecular flexibility index (Phi) is 5.68. The minimum atomic E-state index is -0.649. The lowest BCUT2D eigenvalue weighted by molar-refractivity contribution is 0.0279. The van der Waals surface area contributed by atoms with E-state index < -0.39 is 12.1 Å². The van der Waals surface area contributed by atoms with Crippen molar-refractivity contribution in [3.63, 3.8) is 0 Å². The van der Waals surface area contributed by atoms with Gasteiger partial charge in [-0.25, -0.2) is 4.79 Å². The Bertz CT molecular complexity index is 901. The number of ether oxygens (including phenoxy) is 3. The molecule has 3 heterocycles. The third kappa shape index (κ3) is 4.40. The topological polar surface area (TPSA) is 83.7 Å². The standard InChI is InChI=1S/C20H20N2O5S/c1-13(18-21-22-19(27-18)17-5-3-11-28-17)26-20(23)14-6-8-15(9-7-14)25-12-16-4-2-10-24-16/h3,5-9,11,13,16H,2,4,10,12H2,1H3. The van der Waals surface area contributed by atoms with Gasteiger partial charge in [-0.1, -0.05) is 6.07 Å². The third-order valence-corrected chi connectivity index (χ3v) is 5.21. The maximum Gasteiger partial charge on any atom is 0.338 e. The van der Waals surface area contributed by atoms with Crippen LogP contribution in [0.5, 0.6) is 5.75 Å². The molecule has 0 spiro atoms. The molecule has 2 aromatic heterocycles. The van der Waals surface area contributed by atoms with Crippen molar-refractivity contribution in [3.8, 4) is 16.5 Å². The Hall–Kier alpha value is -2.71. The maximum absolute atomic E-state index is 12.4. The van der Waals surface area contributed by atoms with Gasteiger partial charge >= 0.3 is 5.97 Å². The molecular formula is C20H20N2O5S. The summed E-state index contributed by atoms with van der Waals surface area (Å²) in [4.78, 5) is 13.2. The van der Waals surface area contributed by atoms with Gasteiger partial charge in [-0.2, -0.15) is 0 Å². The number of aromatic nitrogens is 2. The molecule has 7 nitrogen and oxygen atoms in total. The lowest BCUT2D eigenvalue weighted by Crippen LogP contribution is -2.16. The number of hydrogen-bond acceptors (Lipinski definition) is 8. The van der Waals surface area contributed by atoms with E-state index >= 15 is 0 Å². The summed E-state index contributed by atoms with van der Waals surface area (Å²) in [5.41, 5.74) is 0.425. The summed E-state index contributed by atoms with van der Waals surface area (Å²) in [5.74, 6) is 0.903. The van der Waals surface area contributed by atoms with Crippen LogP contribution in [0.4, 0.5) is 0 Å². The van der Waals surface area contributed by atoms with E-state index in [9.17, 15) is 4.79 Å². The highest BCUT2D eigenvalue weighted by Crippen LogP contribution is 2.26. The molecule has 146 valence electrons. The van der Waals surface area contributed by atoms with Crippen LogP contribution >= 0.6 is 11.3 Å². The summed E-state index contributed by atoms with van der Waals surface area (Å²) >= 11 is 1.50. The van der Waals surface area contributed by atoms with E-state index in [0.29, 0.717) is 23.8 Å². The first-order valence-electron chi connectivity index (χ1n) is 9.12. The highest BCUT2D eigenvalue weighted by molar-refractivity contribution is 7.13. The summed E-state index contributed by atoms with van der Waals surface area (Å²) in [6.07, 6.45) is 1.60. The summed E-state index contributed by atoms with van der Waals surface area (Å²) in [6.45, 7) is 3.01. The minimum Gasteiger partial charge on any atom is -0.491 e. The van der Waals surface area contributed by atoms with Crippen molar-refractivity contribution >= 4 is 17.3 Å². The van der Waals surface area contributed by atoms with Crippen molar-refractivity contribution in [3.05, 3.63) is 53.2 Å². The first kappa shape index (κ1) is 18.6. The highest BCUT2D eigenvalue weighted by atomic mass is 32.1. The van der Waals surface area contributed by atoms with Crippen molar-refractivity contribution in [2.24, 2.45) is 0 Å². The van der Waals surface area contributed by atoms with Gasteiger partial charge < -0.3 is 18.6 Å². The fraction of sp³-hybridized carbons (Fsp3) is 0.350. The van der Waals surface area contributed by atoms with Crippen molar-refractivity contribution in [1.82, 2.24) is 10.2 Å². The van der Waals surface area contributed by atoms with Crippen LogP contribution in [0, 0.1) is 0 Å². The number of carbonyl (C=O) groups is 1. The first-order chi connectivity index (χ1) is 13.7. The van der Waals surface area contributed by atoms with E-state index in [0.717, 1.165) is 24.3 Å². The predicted octanol–water partition coefficient (Wildman–Crippen LogP) is 4.27. The van der Waals surface area contributed by atoms with Crippen molar-refractivity contribution in [2.75, 3.05) is 13.2 Å². The van der Waals surface area contributed by atoms with E-state index in [4.69, 9.17) is 18.6 Å². The molecule has 28 heavy (non-hydrogen) atoms. The Morgan fingerprint density at radius 2 is 2.14 bits per heavy atom. The lowest BCUT2D eigenvalue weighted by atomic mass is 10.2. The summed E-state index contributed by atoms with van der Waals surface area (Å²) in [6, 6.07) is 10.6. The van der Waals surface area contributed by atoms with Gasteiger partial charge in [0.2, 0.25) is 0 Å². The molecule has 1 aromatic carbocycles. The van der Waals surface area contributed by atoms with Crippen molar-refractivity contribution in [1.29, 1.82) is 0 Å². The number of thiophene rings is 1. The van der Waals surface area contributed by atoms with Crippen LogP contribution in [-0.2, 0) is 9.47 Å². The molecule has 3 aromatic rings. The van der Waals surface area contributed by atoms with Crippen LogP contribution in [0.15, 0.2) is 46.2 Å². The van der Waals surface area contributed by atoms with E-state index in [2.05, 4.69) is 10.2 Å². The first-order valence-corrected chi connectivity index (χ1v) is 10.00. The van der Waals surface area contributed by atoms with Gasteiger partial charge in [0.25, 0.3) is 11.8 Å². The van der Waals surface area contributed by atoms with E-state index in [1.54, 1.807) is 31.2 Å². The quantitative estimate of drug-likeness (QED) is 0.548. The zero-order valence-corrected chi connectivity index (χ0v) is 16.2. The largest absolute Gasteiger partial charge is 0.491 e. The zero-order chi connectivity index (χ0) is 19.3. The lowest BCUT2D eigenvalue weighted by Gasteiger charge is -2.12. The molecule has 1 aliphatic heterocycles. The number of carbonyl (C=O) groups excluding carboxylic acids is 1. The molecule has 0 radical (unpaired) electrons. The van der Waals surface area contributed by atoms with E-state index in [1.807, 2.05) is 17.5 Å². The van der Waals surface area contributed by atoms with E-state index in [-0.39, 0.29) is 12.0 Å². The van der Waals surface area contributed by atoms with Crippen molar-refractivity contribution < 1.29 is 23.4 Å². The number of nitrogens with zero attached hydrogens (tertiary/aromatic N) is 2.